The number of nitrogens with zero attached hydrogens (tertiary/aromatic N) is 1. The molecule has 0 aliphatic carbocycles. The van der Waals surface area contributed by atoms with E-state index in [9.17, 15) is 18.5 Å². The van der Waals surface area contributed by atoms with Crippen LogP contribution in [0.4, 0.5) is 11.4 Å². The molecule has 0 fully saturated rings. The molecule has 0 aromatic heterocycles. The van der Waals surface area contributed by atoms with Crippen LogP contribution in [0, 0.1) is 10.1 Å². The molecule has 0 atom stereocenters. The lowest BCUT2D eigenvalue weighted by Gasteiger charge is -2.09. The van der Waals surface area contributed by atoms with Crippen LogP contribution in [-0.4, -0.2) is 26.4 Å². The molecule has 0 radical (unpaired) electrons. The summed E-state index contributed by atoms with van der Waals surface area (Å²) in [7, 11) is -3.71. The van der Waals surface area contributed by atoms with E-state index in [2.05, 4.69) is 10.0 Å². The molecule has 0 saturated carbocycles. The van der Waals surface area contributed by atoms with Gasteiger partial charge in [-0.1, -0.05) is 20.3 Å². The van der Waals surface area contributed by atoms with Crippen LogP contribution < -0.4 is 10.0 Å². The van der Waals surface area contributed by atoms with Crippen molar-refractivity contribution in [3.8, 4) is 0 Å². The maximum Gasteiger partial charge on any atom is 0.293 e. The van der Waals surface area contributed by atoms with Gasteiger partial charge in [0.2, 0.25) is 10.0 Å². The zero-order chi connectivity index (χ0) is 15.9. The van der Waals surface area contributed by atoms with Gasteiger partial charge in [0.05, 0.1) is 9.82 Å². The highest BCUT2D eigenvalue weighted by Crippen LogP contribution is 2.27. The molecule has 1 aromatic carbocycles. The first-order valence-corrected chi connectivity index (χ1v) is 8.42. The van der Waals surface area contributed by atoms with Gasteiger partial charge in [0.1, 0.15) is 5.69 Å². The molecule has 7 nitrogen and oxygen atoms in total. The third-order valence-corrected chi connectivity index (χ3v) is 4.32. The molecule has 0 saturated heterocycles. The lowest BCUT2D eigenvalue weighted by atomic mass is 10.2. The Morgan fingerprint density at radius 2 is 1.90 bits per heavy atom. The van der Waals surface area contributed by atoms with E-state index in [-0.39, 0.29) is 10.6 Å². The molecule has 0 spiro atoms. The molecular weight excluding hydrogens is 294 g/mol. The Labute approximate surface area is 124 Å². The van der Waals surface area contributed by atoms with Gasteiger partial charge in [-0.25, -0.2) is 13.1 Å². The van der Waals surface area contributed by atoms with Crippen molar-refractivity contribution in [2.45, 2.75) is 38.0 Å². The van der Waals surface area contributed by atoms with Gasteiger partial charge in [-0.05, 0) is 25.0 Å². The summed E-state index contributed by atoms with van der Waals surface area (Å²) in [6.07, 6.45) is 2.40. The van der Waals surface area contributed by atoms with E-state index in [0.29, 0.717) is 18.8 Å². The Hall–Kier alpha value is -1.67. The van der Waals surface area contributed by atoms with Gasteiger partial charge in [0.25, 0.3) is 5.69 Å². The smallest absolute Gasteiger partial charge is 0.293 e. The van der Waals surface area contributed by atoms with E-state index in [1.54, 1.807) is 0 Å². The van der Waals surface area contributed by atoms with Gasteiger partial charge >= 0.3 is 0 Å². The summed E-state index contributed by atoms with van der Waals surface area (Å²) in [5, 5.41) is 14.0. The van der Waals surface area contributed by atoms with E-state index >= 15 is 0 Å². The summed E-state index contributed by atoms with van der Waals surface area (Å²) in [4.78, 5) is 10.4. The number of sulfonamides is 1. The maximum absolute atomic E-state index is 12.1. The van der Waals surface area contributed by atoms with Gasteiger partial charge in [-0.15, -0.1) is 0 Å². The molecule has 0 bridgehead atoms. The average molecular weight is 315 g/mol. The van der Waals surface area contributed by atoms with E-state index in [4.69, 9.17) is 0 Å². The van der Waals surface area contributed by atoms with Crippen molar-refractivity contribution in [1.82, 2.24) is 4.72 Å². The fourth-order valence-corrected chi connectivity index (χ4v) is 2.80. The minimum Gasteiger partial charge on any atom is -0.380 e. The lowest BCUT2D eigenvalue weighted by Crippen LogP contribution is -2.24. The SMILES string of the molecule is CCCCNS(=O)(=O)c1ccc(NCCC)c([N+](=O)[O-])c1. The number of nitrogens with one attached hydrogen (secondary N) is 2. The predicted octanol–water partition coefficient (Wildman–Crippen LogP) is 2.50. The topological polar surface area (TPSA) is 101 Å². The molecule has 0 heterocycles. The first kappa shape index (κ1) is 17.4. The van der Waals surface area contributed by atoms with Crippen LogP contribution in [0.5, 0.6) is 0 Å². The molecule has 0 aliphatic rings. The first-order chi connectivity index (χ1) is 9.92. The molecule has 2 N–H and O–H groups in total. The predicted molar refractivity (Wildman–Crippen MR) is 82.0 cm³/mol. The van der Waals surface area contributed by atoms with Crippen LogP contribution in [0.15, 0.2) is 23.1 Å². The van der Waals surface area contributed by atoms with E-state index in [1.807, 2.05) is 13.8 Å². The summed E-state index contributed by atoms with van der Waals surface area (Å²) in [5.74, 6) is 0. The fourth-order valence-electron chi connectivity index (χ4n) is 1.71. The Morgan fingerprint density at radius 1 is 1.19 bits per heavy atom. The molecule has 0 unspecified atom stereocenters. The van der Waals surface area contributed by atoms with Crippen LogP contribution in [0.2, 0.25) is 0 Å². The zero-order valence-corrected chi connectivity index (χ0v) is 13.1. The molecule has 0 amide bonds. The van der Waals surface area contributed by atoms with Crippen molar-refractivity contribution in [2.75, 3.05) is 18.4 Å². The van der Waals surface area contributed by atoms with Crippen molar-refractivity contribution in [1.29, 1.82) is 0 Å². The summed E-state index contributed by atoms with van der Waals surface area (Å²) in [5.41, 5.74) is 0.0937. The second kappa shape index (κ2) is 7.94. The van der Waals surface area contributed by atoms with Gasteiger partial charge in [-0.2, -0.15) is 0 Å². The minimum absolute atomic E-state index is 0.0904. The average Bonchev–Trinajstić information content (AvgIpc) is 2.44. The largest absolute Gasteiger partial charge is 0.380 e. The van der Waals surface area contributed by atoms with Crippen molar-refractivity contribution in [2.24, 2.45) is 0 Å². The molecule has 1 aromatic rings. The van der Waals surface area contributed by atoms with Crippen LogP contribution in [0.1, 0.15) is 33.1 Å². The molecule has 118 valence electrons. The number of nitro groups is 1. The summed E-state index contributed by atoms with van der Waals surface area (Å²) < 4.78 is 26.5. The molecular formula is C13H21N3O4S. The van der Waals surface area contributed by atoms with Crippen molar-refractivity contribution < 1.29 is 13.3 Å². The van der Waals surface area contributed by atoms with Crippen LogP contribution >= 0.6 is 0 Å². The Balaban J connectivity index is 3.04. The quantitative estimate of drug-likeness (QED) is 0.414. The summed E-state index contributed by atoms with van der Waals surface area (Å²) in [6, 6.07) is 3.90. The van der Waals surface area contributed by atoms with Crippen LogP contribution in [0.3, 0.4) is 0 Å². The minimum atomic E-state index is -3.71. The van der Waals surface area contributed by atoms with Crippen molar-refractivity contribution >= 4 is 21.4 Å². The molecule has 8 heteroatoms. The second-order valence-corrected chi connectivity index (χ2v) is 6.38. The first-order valence-electron chi connectivity index (χ1n) is 6.94. The third kappa shape index (κ3) is 4.98. The third-order valence-electron chi connectivity index (χ3n) is 2.86. The van der Waals surface area contributed by atoms with Gasteiger partial charge in [-0.3, -0.25) is 10.1 Å². The number of unbranched alkanes of at least 4 members (excludes halogenated alkanes) is 1. The second-order valence-electron chi connectivity index (χ2n) is 4.61. The molecule has 1 rings (SSSR count). The normalized spacial score (nSPS) is 11.3. The number of rotatable bonds is 9. The van der Waals surface area contributed by atoms with Gasteiger partial charge in [0, 0.05) is 19.2 Å². The van der Waals surface area contributed by atoms with E-state index in [1.165, 1.54) is 12.1 Å². The maximum atomic E-state index is 12.1. The Bertz CT molecular complexity index is 587. The summed E-state index contributed by atoms with van der Waals surface area (Å²) in [6.45, 7) is 4.80. The molecule has 21 heavy (non-hydrogen) atoms. The number of hydrogen-bond donors (Lipinski definition) is 2. The van der Waals surface area contributed by atoms with E-state index in [0.717, 1.165) is 25.3 Å². The lowest BCUT2D eigenvalue weighted by molar-refractivity contribution is -0.384. The molecule has 0 aliphatic heterocycles. The fraction of sp³-hybridized carbons (Fsp3) is 0.538. The van der Waals surface area contributed by atoms with Crippen LogP contribution in [-0.2, 0) is 10.0 Å². The number of anilines is 1. The zero-order valence-electron chi connectivity index (χ0n) is 12.3. The summed E-state index contributed by atoms with van der Waals surface area (Å²) >= 11 is 0. The Morgan fingerprint density at radius 3 is 2.48 bits per heavy atom. The number of nitro benzene ring substituents is 1. The van der Waals surface area contributed by atoms with Gasteiger partial charge in [0.15, 0.2) is 0 Å². The van der Waals surface area contributed by atoms with E-state index < -0.39 is 14.9 Å². The monoisotopic (exact) mass is 315 g/mol. The van der Waals surface area contributed by atoms with Crippen LogP contribution in [0.25, 0.3) is 0 Å². The highest BCUT2D eigenvalue weighted by atomic mass is 32.2. The van der Waals surface area contributed by atoms with Crippen molar-refractivity contribution in [3.63, 3.8) is 0 Å². The van der Waals surface area contributed by atoms with Crippen molar-refractivity contribution in [3.05, 3.63) is 28.3 Å². The number of benzene rings is 1. The highest BCUT2D eigenvalue weighted by Gasteiger charge is 2.20. The standard InChI is InChI=1S/C13H21N3O4S/c1-3-5-9-15-21(19,20)11-6-7-12(14-8-4-2)13(10-11)16(17)18/h6-7,10,14-15H,3-5,8-9H2,1-2H3. The van der Waals surface area contributed by atoms with Gasteiger partial charge < -0.3 is 5.32 Å². The highest BCUT2D eigenvalue weighted by molar-refractivity contribution is 7.89. The Kier molecular flexibility index (Phi) is 6.57. The number of hydrogen-bond acceptors (Lipinski definition) is 5.